The standard InChI is InChI=1S/C22H42O7S.Na.H/c1-15(2)9-7-11-17(5)13-19(20(23)24)22(21(25)26,30(27,28)29)14-18(6)12-8-10-16(3)4;;/h15-19H,7-14H2,1-6H3,(H,23,24)(H,25,26)(H,27,28,29);;. The van der Waals surface area contributed by atoms with Gasteiger partial charge in [-0.25, -0.2) is 0 Å². The van der Waals surface area contributed by atoms with Crippen LogP contribution in [0.1, 0.15) is 92.9 Å². The summed E-state index contributed by atoms with van der Waals surface area (Å²) in [5, 5.41) is 19.7. The number of aliphatic carboxylic acids is 2. The topological polar surface area (TPSA) is 129 Å². The van der Waals surface area contributed by atoms with E-state index >= 15 is 0 Å². The fourth-order valence-electron chi connectivity index (χ4n) is 4.15. The van der Waals surface area contributed by atoms with Crippen LogP contribution in [0.2, 0.25) is 0 Å². The van der Waals surface area contributed by atoms with E-state index in [9.17, 15) is 32.8 Å². The zero-order valence-corrected chi connectivity index (χ0v) is 20.2. The fourth-order valence-corrected chi connectivity index (χ4v) is 5.43. The van der Waals surface area contributed by atoms with Gasteiger partial charge in [0.1, 0.15) is 0 Å². The third kappa shape index (κ3) is 11.0. The molecule has 3 N–H and O–H groups in total. The summed E-state index contributed by atoms with van der Waals surface area (Å²) in [7, 11) is -5.17. The molecule has 0 radical (unpaired) electrons. The van der Waals surface area contributed by atoms with Gasteiger partial charge in [-0.3, -0.25) is 14.1 Å². The third-order valence-electron chi connectivity index (χ3n) is 5.93. The molecule has 0 aliphatic rings. The molecule has 4 atom stereocenters. The molecule has 0 aliphatic carbocycles. The van der Waals surface area contributed by atoms with E-state index in [4.69, 9.17) is 0 Å². The molecular weight excluding hydrogens is 431 g/mol. The van der Waals surface area contributed by atoms with Gasteiger partial charge in [0.2, 0.25) is 4.75 Å². The SMILES string of the molecule is CC(C)CCCC(C)CC(C(=O)O)C(CC(C)CCCC(C)C)(C(=O)O)S(=O)(=O)O.[NaH]. The van der Waals surface area contributed by atoms with E-state index in [2.05, 4.69) is 27.7 Å². The van der Waals surface area contributed by atoms with Gasteiger partial charge in [0, 0.05) is 0 Å². The van der Waals surface area contributed by atoms with E-state index in [0.717, 1.165) is 25.7 Å². The molecule has 0 rings (SSSR count). The number of carboxylic acids is 2. The molecule has 0 saturated heterocycles. The van der Waals surface area contributed by atoms with E-state index in [-0.39, 0.29) is 47.8 Å². The molecule has 0 amide bonds. The summed E-state index contributed by atoms with van der Waals surface area (Å²) in [6, 6.07) is 0. The quantitative estimate of drug-likeness (QED) is 0.222. The Morgan fingerprint density at radius 2 is 1.23 bits per heavy atom. The van der Waals surface area contributed by atoms with Gasteiger partial charge in [-0.2, -0.15) is 8.42 Å². The molecule has 0 aromatic heterocycles. The number of rotatable bonds is 16. The van der Waals surface area contributed by atoms with Crippen LogP contribution in [-0.2, 0) is 19.7 Å². The van der Waals surface area contributed by atoms with Crippen molar-refractivity contribution in [1.29, 1.82) is 0 Å². The first-order valence-electron chi connectivity index (χ1n) is 11.1. The summed E-state index contributed by atoms with van der Waals surface area (Å²) in [5.41, 5.74) is 0. The van der Waals surface area contributed by atoms with Crippen LogP contribution < -0.4 is 0 Å². The second kappa shape index (κ2) is 14.9. The second-order valence-electron chi connectivity index (χ2n) is 9.86. The molecule has 0 fully saturated rings. The van der Waals surface area contributed by atoms with Gasteiger partial charge in [-0.1, -0.05) is 80.1 Å². The molecule has 0 spiro atoms. The molecule has 0 aromatic carbocycles. The van der Waals surface area contributed by atoms with E-state index < -0.39 is 39.1 Å². The van der Waals surface area contributed by atoms with Gasteiger partial charge in [0.05, 0.1) is 5.92 Å². The monoisotopic (exact) mass is 474 g/mol. The van der Waals surface area contributed by atoms with Crippen molar-refractivity contribution >= 4 is 51.6 Å². The average molecular weight is 475 g/mol. The number of carbonyl (C=O) groups is 2. The van der Waals surface area contributed by atoms with Crippen LogP contribution in [0.3, 0.4) is 0 Å². The van der Waals surface area contributed by atoms with Crippen LogP contribution >= 0.6 is 0 Å². The van der Waals surface area contributed by atoms with Crippen LogP contribution in [-0.4, -0.2) is 69.4 Å². The first-order chi connectivity index (χ1) is 13.6. The summed E-state index contributed by atoms with van der Waals surface area (Å²) in [4.78, 5) is 24.3. The Morgan fingerprint density at radius 3 is 1.55 bits per heavy atom. The van der Waals surface area contributed by atoms with Crippen molar-refractivity contribution in [1.82, 2.24) is 0 Å². The molecular formula is C22H43NaO7S. The molecule has 0 saturated carbocycles. The molecule has 9 heteroatoms. The Morgan fingerprint density at radius 1 is 0.806 bits per heavy atom. The van der Waals surface area contributed by atoms with Gasteiger partial charge in [-0.15, -0.1) is 0 Å². The van der Waals surface area contributed by atoms with Crippen LogP contribution in [0.5, 0.6) is 0 Å². The molecule has 0 aromatic rings. The van der Waals surface area contributed by atoms with E-state index in [1.165, 1.54) is 0 Å². The maximum atomic E-state index is 12.4. The van der Waals surface area contributed by atoms with Crippen LogP contribution in [0, 0.1) is 29.6 Å². The first-order valence-corrected chi connectivity index (χ1v) is 12.5. The maximum absolute atomic E-state index is 12.4. The summed E-state index contributed by atoms with van der Waals surface area (Å²) in [5.74, 6) is -4.59. The molecule has 0 heterocycles. The predicted octanol–water partition coefficient (Wildman–Crippen LogP) is 4.45. The van der Waals surface area contributed by atoms with Gasteiger partial charge in [0.15, 0.2) is 0 Å². The Balaban J connectivity index is 0. The normalized spacial score (nSPS) is 16.9. The Hall–Kier alpha value is -0.150. The predicted molar refractivity (Wildman–Crippen MR) is 125 cm³/mol. The Bertz CT molecular complexity index is 648. The molecule has 180 valence electrons. The minimum atomic E-state index is -5.17. The Kier molecular flexibility index (Phi) is 15.9. The average Bonchev–Trinajstić information content (AvgIpc) is 2.55. The van der Waals surface area contributed by atoms with Crippen LogP contribution in [0.4, 0.5) is 0 Å². The zero-order valence-electron chi connectivity index (χ0n) is 19.4. The Labute approximate surface area is 210 Å². The van der Waals surface area contributed by atoms with Gasteiger partial charge < -0.3 is 10.2 Å². The van der Waals surface area contributed by atoms with Crippen molar-refractivity contribution in [2.75, 3.05) is 0 Å². The number of hydrogen-bond acceptors (Lipinski definition) is 4. The number of carboxylic acid groups (broad SMARTS) is 2. The third-order valence-corrected chi connectivity index (χ3v) is 7.48. The van der Waals surface area contributed by atoms with Gasteiger partial charge >= 0.3 is 41.5 Å². The van der Waals surface area contributed by atoms with E-state index in [1.807, 2.05) is 0 Å². The molecule has 7 nitrogen and oxygen atoms in total. The van der Waals surface area contributed by atoms with Crippen LogP contribution in [0.15, 0.2) is 0 Å². The van der Waals surface area contributed by atoms with Gasteiger partial charge in [-0.05, 0) is 36.5 Å². The van der Waals surface area contributed by atoms with Crippen molar-refractivity contribution in [3.8, 4) is 0 Å². The zero-order chi connectivity index (χ0) is 23.7. The number of hydrogen-bond donors (Lipinski definition) is 3. The van der Waals surface area contributed by atoms with E-state index in [0.29, 0.717) is 24.7 Å². The van der Waals surface area contributed by atoms with Crippen molar-refractivity contribution in [3.05, 3.63) is 0 Å². The summed E-state index contributed by atoms with van der Waals surface area (Å²) < 4.78 is 31.9. The molecule has 4 unspecified atom stereocenters. The van der Waals surface area contributed by atoms with E-state index in [1.54, 1.807) is 13.8 Å². The second-order valence-corrected chi connectivity index (χ2v) is 11.5. The molecule has 31 heavy (non-hydrogen) atoms. The van der Waals surface area contributed by atoms with Crippen molar-refractivity contribution in [3.63, 3.8) is 0 Å². The summed E-state index contributed by atoms with van der Waals surface area (Å²) in [6.07, 6.45) is 4.20. The van der Waals surface area contributed by atoms with Crippen molar-refractivity contribution in [2.45, 2.75) is 97.7 Å². The minimum absolute atomic E-state index is 0. The van der Waals surface area contributed by atoms with Crippen molar-refractivity contribution in [2.24, 2.45) is 29.6 Å². The van der Waals surface area contributed by atoms with Crippen LogP contribution in [0.25, 0.3) is 0 Å². The van der Waals surface area contributed by atoms with Gasteiger partial charge in [0.25, 0.3) is 10.1 Å². The first kappa shape index (κ1) is 33.0. The summed E-state index contributed by atoms with van der Waals surface area (Å²) >= 11 is 0. The van der Waals surface area contributed by atoms with Crippen molar-refractivity contribution < 1.29 is 32.8 Å². The fraction of sp³-hybridized carbons (Fsp3) is 0.909. The molecule has 0 bridgehead atoms. The summed E-state index contributed by atoms with van der Waals surface area (Å²) in [6.45, 7) is 11.8. The molecule has 0 aliphatic heterocycles.